The van der Waals surface area contributed by atoms with Crippen molar-refractivity contribution in [2.45, 2.75) is 25.3 Å². The van der Waals surface area contributed by atoms with E-state index in [9.17, 15) is 4.39 Å². The van der Waals surface area contributed by atoms with Gasteiger partial charge in [0, 0.05) is 32.2 Å². The molecule has 1 aliphatic carbocycles. The summed E-state index contributed by atoms with van der Waals surface area (Å²) in [5.74, 6) is 0.936. The van der Waals surface area contributed by atoms with Gasteiger partial charge in [0.25, 0.3) is 0 Å². The second-order valence-electron chi connectivity index (χ2n) is 5.87. The summed E-state index contributed by atoms with van der Waals surface area (Å²) in [6.45, 7) is 4.22. The lowest BCUT2D eigenvalue weighted by Crippen LogP contribution is -2.45. The molecule has 1 aromatic carbocycles. The van der Waals surface area contributed by atoms with Gasteiger partial charge in [-0.05, 0) is 30.0 Å². The van der Waals surface area contributed by atoms with Crippen molar-refractivity contribution in [2.24, 2.45) is 5.92 Å². The number of benzene rings is 1. The molecule has 20 heavy (non-hydrogen) atoms. The Labute approximate surface area is 120 Å². The molecule has 1 atom stereocenters. The first-order valence-electron chi connectivity index (χ1n) is 7.56. The van der Waals surface area contributed by atoms with Gasteiger partial charge in [0.1, 0.15) is 0 Å². The van der Waals surface area contributed by atoms with Crippen molar-refractivity contribution in [3.63, 3.8) is 0 Å². The van der Waals surface area contributed by atoms with E-state index in [0.29, 0.717) is 11.8 Å². The minimum absolute atomic E-state index is 0.276. The summed E-state index contributed by atoms with van der Waals surface area (Å²) in [6, 6.07) is 5.74. The molecule has 2 aliphatic rings. The Kier molecular flexibility index (Phi) is 4.22. The number of nitrogens with one attached hydrogen (secondary N) is 1. The standard InChI is InChI=1S/C16H23FN2O/c1-20-16-11-13(4-5-14(16)17)15(10-12-2-3-12)19-8-6-18-7-9-19/h4-5,11-12,15,18H,2-3,6-10H2,1H3/t15-/m0/s1. The first kappa shape index (κ1) is 13.8. The highest BCUT2D eigenvalue weighted by Gasteiger charge is 2.30. The summed E-state index contributed by atoms with van der Waals surface area (Å²) < 4.78 is 18.7. The van der Waals surface area contributed by atoms with Crippen LogP contribution in [-0.4, -0.2) is 38.2 Å². The number of methoxy groups -OCH3 is 1. The molecule has 1 aliphatic heterocycles. The number of halogens is 1. The number of nitrogens with zero attached hydrogens (tertiary/aromatic N) is 1. The van der Waals surface area contributed by atoms with Crippen LogP contribution in [0.1, 0.15) is 30.9 Å². The Morgan fingerprint density at radius 3 is 2.75 bits per heavy atom. The summed E-state index contributed by atoms with van der Waals surface area (Å²) in [4.78, 5) is 2.53. The van der Waals surface area contributed by atoms with E-state index in [-0.39, 0.29) is 5.82 Å². The molecule has 1 saturated heterocycles. The third-order valence-corrected chi connectivity index (χ3v) is 4.41. The molecule has 1 aromatic rings. The molecule has 0 unspecified atom stereocenters. The Bertz CT molecular complexity index is 456. The van der Waals surface area contributed by atoms with Gasteiger partial charge in [0.15, 0.2) is 11.6 Å². The maximum absolute atomic E-state index is 13.6. The van der Waals surface area contributed by atoms with Crippen molar-refractivity contribution < 1.29 is 9.13 Å². The highest BCUT2D eigenvalue weighted by atomic mass is 19.1. The Morgan fingerprint density at radius 2 is 2.10 bits per heavy atom. The van der Waals surface area contributed by atoms with Gasteiger partial charge < -0.3 is 10.1 Å². The summed E-state index contributed by atoms with van der Waals surface area (Å²) in [5, 5.41) is 3.40. The van der Waals surface area contributed by atoms with Crippen LogP contribution in [0.5, 0.6) is 5.75 Å². The molecule has 2 fully saturated rings. The molecule has 4 heteroatoms. The largest absolute Gasteiger partial charge is 0.494 e. The summed E-state index contributed by atoms with van der Waals surface area (Å²) in [6.07, 6.45) is 3.89. The number of ether oxygens (including phenoxy) is 1. The van der Waals surface area contributed by atoms with E-state index in [1.54, 1.807) is 0 Å². The Morgan fingerprint density at radius 1 is 1.35 bits per heavy atom. The van der Waals surface area contributed by atoms with Gasteiger partial charge in [-0.25, -0.2) is 4.39 Å². The van der Waals surface area contributed by atoms with Gasteiger partial charge in [-0.3, -0.25) is 4.90 Å². The van der Waals surface area contributed by atoms with Gasteiger partial charge in [-0.2, -0.15) is 0 Å². The van der Waals surface area contributed by atoms with Crippen LogP contribution in [0.25, 0.3) is 0 Å². The SMILES string of the molecule is COc1cc([C@H](CC2CC2)N2CCNCC2)ccc1F. The van der Waals surface area contributed by atoms with Crippen molar-refractivity contribution in [1.82, 2.24) is 10.2 Å². The van der Waals surface area contributed by atoms with Crippen molar-refractivity contribution in [3.8, 4) is 5.75 Å². The van der Waals surface area contributed by atoms with Crippen molar-refractivity contribution in [1.29, 1.82) is 0 Å². The Hall–Kier alpha value is -1.13. The van der Waals surface area contributed by atoms with E-state index in [4.69, 9.17) is 4.74 Å². The average molecular weight is 278 g/mol. The smallest absolute Gasteiger partial charge is 0.165 e. The first-order valence-corrected chi connectivity index (χ1v) is 7.56. The zero-order valence-corrected chi connectivity index (χ0v) is 12.1. The average Bonchev–Trinajstić information content (AvgIpc) is 3.30. The van der Waals surface area contributed by atoms with E-state index in [1.165, 1.54) is 38.0 Å². The molecule has 0 aromatic heterocycles. The maximum atomic E-state index is 13.6. The molecule has 1 heterocycles. The lowest BCUT2D eigenvalue weighted by atomic mass is 9.98. The molecule has 1 N–H and O–H groups in total. The fourth-order valence-electron chi connectivity index (χ4n) is 3.04. The van der Waals surface area contributed by atoms with E-state index in [1.807, 2.05) is 12.1 Å². The number of hydrogen-bond donors (Lipinski definition) is 1. The fraction of sp³-hybridized carbons (Fsp3) is 0.625. The normalized spacial score (nSPS) is 21.7. The van der Waals surface area contributed by atoms with Gasteiger partial charge in [0.2, 0.25) is 0 Å². The Balaban J connectivity index is 1.83. The molecule has 0 spiro atoms. The molecule has 3 nitrogen and oxygen atoms in total. The third kappa shape index (κ3) is 3.13. The van der Waals surface area contributed by atoms with Gasteiger partial charge in [0.05, 0.1) is 7.11 Å². The van der Waals surface area contributed by atoms with E-state index in [2.05, 4.69) is 10.2 Å². The van der Waals surface area contributed by atoms with Crippen LogP contribution < -0.4 is 10.1 Å². The molecular formula is C16H23FN2O. The lowest BCUT2D eigenvalue weighted by molar-refractivity contribution is 0.160. The van der Waals surface area contributed by atoms with E-state index in [0.717, 1.165) is 32.1 Å². The van der Waals surface area contributed by atoms with Crippen LogP contribution in [0.2, 0.25) is 0 Å². The van der Waals surface area contributed by atoms with Crippen LogP contribution in [0.4, 0.5) is 4.39 Å². The van der Waals surface area contributed by atoms with Crippen LogP contribution in [0.3, 0.4) is 0 Å². The summed E-state index contributed by atoms with van der Waals surface area (Å²) in [5.41, 5.74) is 1.19. The first-order chi connectivity index (χ1) is 9.78. The minimum atomic E-state index is -0.276. The van der Waals surface area contributed by atoms with Crippen molar-refractivity contribution in [2.75, 3.05) is 33.3 Å². The van der Waals surface area contributed by atoms with Crippen LogP contribution in [0.15, 0.2) is 18.2 Å². The van der Waals surface area contributed by atoms with Crippen molar-refractivity contribution >= 4 is 0 Å². The molecular weight excluding hydrogens is 255 g/mol. The van der Waals surface area contributed by atoms with Gasteiger partial charge >= 0.3 is 0 Å². The van der Waals surface area contributed by atoms with Crippen molar-refractivity contribution in [3.05, 3.63) is 29.6 Å². The zero-order chi connectivity index (χ0) is 13.9. The van der Waals surface area contributed by atoms with E-state index >= 15 is 0 Å². The molecule has 3 rings (SSSR count). The monoisotopic (exact) mass is 278 g/mol. The number of rotatable bonds is 5. The predicted octanol–water partition coefficient (Wildman–Crippen LogP) is 2.58. The molecule has 0 amide bonds. The summed E-state index contributed by atoms with van der Waals surface area (Å²) in [7, 11) is 1.53. The highest BCUT2D eigenvalue weighted by Crippen LogP contribution is 2.40. The maximum Gasteiger partial charge on any atom is 0.165 e. The van der Waals surface area contributed by atoms with Gasteiger partial charge in [-0.15, -0.1) is 0 Å². The van der Waals surface area contributed by atoms with Crippen LogP contribution in [0, 0.1) is 11.7 Å². The molecule has 0 radical (unpaired) electrons. The van der Waals surface area contributed by atoms with Crippen LogP contribution >= 0.6 is 0 Å². The number of hydrogen-bond acceptors (Lipinski definition) is 3. The van der Waals surface area contributed by atoms with E-state index < -0.39 is 0 Å². The molecule has 110 valence electrons. The third-order valence-electron chi connectivity index (χ3n) is 4.41. The molecule has 0 bridgehead atoms. The second kappa shape index (κ2) is 6.10. The lowest BCUT2D eigenvalue weighted by Gasteiger charge is -2.35. The number of piperazine rings is 1. The van der Waals surface area contributed by atoms with Gasteiger partial charge in [-0.1, -0.05) is 18.9 Å². The second-order valence-corrected chi connectivity index (χ2v) is 5.87. The molecule has 1 saturated carbocycles. The highest BCUT2D eigenvalue weighted by molar-refractivity contribution is 5.32. The minimum Gasteiger partial charge on any atom is -0.494 e. The van der Waals surface area contributed by atoms with Crippen LogP contribution in [-0.2, 0) is 0 Å². The zero-order valence-electron chi connectivity index (χ0n) is 12.1. The fourth-order valence-corrected chi connectivity index (χ4v) is 3.04. The quantitative estimate of drug-likeness (QED) is 0.896. The predicted molar refractivity (Wildman–Crippen MR) is 77.5 cm³/mol. The summed E-state index contributed by atoms with van der Waals surface area (Å²) >= 11 is 0. The topological polar surface area (TPSA) is 24.5 Å².